The molecule has 4 N–H and O–H groups in total. The molecule has 0 spiro atoms. The number of nitrogens with zero attached hydrogens (tertiary/aromatic N) is 3. The molecule has 70 heavy (non-hydrogen) atoms. The second kappa shape index (κ2) is 22.8. The summed E-state index contributed by atoms with van der Waals surface area (Å²) in [5.74, 6) is -3.01. The minimum absolute atomic E-state index is 0.00498. The number of aliphatic hydroxyl groups is 1. The van der Waals surface area contributed by atoms with Crippen molar-refractivity contribution in [3.63, 3.8) is 0 Å². The number of hydrogen-bond donors (Lipinski definition) is 4. The van der Waals surface area contributed by atoms with Gasteiger partial charge in [-0.05, 0) is 62.3 Å². The van der Waals surface area contributed by atoms with Gasteiger partial charge >= 0.3 is 0 Å². The number of amides is 3. The van der Waals surface area contributed by atoms with E-state index < -0.39 is 64.7 Å². The minimum Gasteiger partial charge on any atom is -0.491 e. The van der Waals surface area contributed by atoms with Gasteiger partial charge in [0.05, 0.1) is 61.3 Å². The van der Waals surface area contributed by atoms with Crippen LogP contribution >= 0.6 is 11.3 Å². The van der Waals surface area contributed by atoms with Crippen molar-refractivity contribution >= 4 is 40.0 Å². The number of para-hydroxylation sites is 1. The summed E-state index contributed by atoms with van der Waals surface area (Å²) in [6.45, 7) is 12.8. The standard InChI is InChI=1S/C52H65F3N6O8S/c1-31-22-38-37-10-8-9-11-41(37)58-45(38)46(61(31)29-52(6,7)55)44-39(53)24-36(25-40(44)54)69-21-20-67-17-16-66-18-19-68-28-43(63)59-48(51(3,4)5)50(65)60-27-35(62)23-42(60)49(64)56-26-33-12-14-34(15-13-33)47-32(2)57-30-70-47/h8-15,24-25,30-31,35,42,46,48,58,62H,16-23,26-29H2,1-7H3,(H,56,64)(H,59,63). The Labute approximate surface area is 411 Å². The zero-order chi connectivity index (χ0) is 50.3. The number of carbonyl (C=O) groups excluding carboxylic acids is 3. The number of β-amino-alcohol motifs (C(OH)–C–C–N with tert-alkyl or cyclic N) is 1. The Morgan fingerprint density at radius 2 is 1.60 bits per heavy atom. The number of likely N-dealkylation sites (tertiary alicyclic amines) is 1. The molecule has 5 aromatic rings. The molecule has 378 valence electrons. The maximum absolute atomic E-state index is 16.0. The lowest BCUT2D eigenvalue weighted by Gasteiger charge is -2.43. The number of fused-ring (bicyclic) bond motifs is 3. The summed E-state index contributed by atoms with van der Waals surface area (Å²) < 4.78 is 69.4. The van der Waals surface area contributed by atoms with Gasteiger partial charge in [0.1, 0.15) is 48.4 Å². The van der Waals surface area contributed by atoms with Crippen molar-refractivity contribution in [1.29, 1.82) is 0 Å². The van der Waals surface area contributed by atoms with Crippen LogP contribution < -0.4 is 15.4 Å². The highest BCUT2D eigenvalue weighted by molar-refractivity contribution is 7.13. The number of nitrogens with one attached hydrogen (secondary N) is 3. The molecule has 0 aliphatic carbocycles. The Kier molecular flexibility index (Phi) is 17.1. The summed E-state index contributed by atoms with van der Waals surface area (Å²) in [6.07, 6.45) is -0.227. The molecule has 2 aromatic heterocycles. The molecule has 2 aliphatic rings. The van der Waals surface area contributed by atoms with Crippen LogP contribution in [0.4, 0.5) is 13.2 Å². The van der Waals surface area contributed by atoms with Gasteiger partial charge in [0.25, 0.3) is 0 Å². The first kappa shape index (κ1) is 52.5. The van der Waals surface area contributed by atoms with E-state index in [4.69, 9.17) is 18.9 Å². The van der Waals surface area contributed by atoms with Crippen LogP contribution in [0.2, 0.25) is 0 Å². The van der Waals surface area contributed by atoms with Crippen LogP contribution in [0.1, 0.15) is 82.1 Å². The van der Waals surface area contributed by atoms with Gasteiger partial charge in [-0.2, -0.15) is 0 Å². The second-order valence-electron chi connectivity index (χ2n) is 19.8. The van der Waals surface area contributed by atoms with Crippen LogP contribution in [-0.4, -0.2) is 132 Å². The van der Waals surface area contributed by atoms with Crippen LogP contribution in [0.25, 0.3) is 21.3 Å². The van der Waals surface area contributed by atoms with Gasteiger partial charge in [-0.1, -0.05) is 63.2 Å². The SMILES string of the molecule is Cc1ncsc1-c1ccc(CNC(=O)C2CC(O)CN2C(=O)C(NC(=O)COCCOCCOCCOc2cc(F)c(C3c4[nH]c5ccccc5c4CC(C)N3CC(C)(C)F)c(F)c2)C(C)(C)C)cc1. The van der Waals surface area contributed by atoms with Crippen LogP contribution in [0, 0.1) is 24.0 Å². The van der Waals surface area contributed by atoms with Crippen molar-refractivity contribution in [3.8, 4) is 16.2 Å². The molecule has 4 heterocycles. The Bertz CT molecular complexity index is 2570. The lowest BCUT2D eigenvalue weighted by atomic mass is 9.85. The molecule has 3 aromatic carbocycles. The van der Waals surface area contributed by atoms with Gasteiger partial charge in [-0.15, -0.1) is 11.3 Å². The monoisotopic (exact) mass is 990 g/mol. The zero-order valence-corrected chi connectivity index (χ0v) is 41.7. The first-order valence-electron chi connectivity index (χ1n) is 23.7. The number of aryl methyl sites for hydroxylation is 1. The number of rotatable bonds is 21. The highest BCUT2D eigenvalue weighted by atomic mass is 32.1. The molecular weight excluding hydrogens is 926 g/mol. The summed E-state index contributed by atoms with van der Waals surface area (Å²) in [6, 6.07) is 14.8. The third-order valence-corrected chi connectivity index (χ3v) is 13.6. The molecule has 5 atom stereocenters. The normalized spacial score (nSPS) is 19.0. The Balaban J connectivity index is 0.808. The van der Waals surface area contributed by atoms with E-state index in [0.29, 0.717) is 12.1 Å². The molecule has 18 heteroatoms. The average Bonchev–Trinajstić information content (AvgIpc) is 4.02. The van der Waals surface area contributed by atoms with Gasteiger partial charge in [-0.25, -0.2) is 18.2 Å². The summed E-state index contributed by atoms with van der Waals surface area (Å²) >= 11 is 1.56. The number of aromatic nitrogens is 2. The summed E-state index contributed by atoms with van der Waals surface area (Å²) in [7, 11) is 0. The molecule has 3 amide bonds. The number of aromatic amines is 1. The van der Waals surface area contributed by atoms with Gasteiger partial charge in [-0.3, -0.25) is 19.3 Å². The van der Waals surface area contributed by atoms with Crippen LogP contribution in [0.3, 0.4) is 0 Å². The number of carbonyl (C=O) groups is 3. The molecule has 2 aliphatic heterocycles. The Hall–Kier alpha value is -5.37. The van der Waals surface area contributed by atoms with Crippen molar-refractivity contribution in [3.05, 3.63) is 106 Å². The number of hydrogen-bond acceptors (Lipinski definition) is 11. The van der Waals surface area contributed by atoms with E-state index in [1.807, 2.05) is 67.3 Å². The first-order valence-corrected chi connectivity index (χ1v) is 24.6. The molecule has 5 unspecified atom stereocenters. The van der Waals surface area contributed by atoms with Gasteiger partial charge in [0.2, 0.25) is 17.7 Å². The van der Waals surface area contributed by atoms with E-state index >= 15 is 13.2 Å². The number of benzene rings is 3. The zero-order valence-electron chi connectivity index (χ0n) is 40.9. The minimum atomic E-state index is -1.61. The van der Waals surface area contributed by atoms with Crippen molar-refractivity contribution in [2.24, 2.45) is 5.41 Å². The topological polar surface area (TPSA) is 168 Å². The van der Waals surface area contributed by atoms with Crippen molar-refractivity contribution in [2.45, 2.75) is 104 Å². The van der Waals surface area contributed by atoms with Crippen LogP contribution in [0.15, 0.2) is 66.2 Å². The predicted octanol–water partition coefficient (Wildman–Crippen LogP) is 7.20. The third-order valence-electron chi connectivity index (χ3n) is 12.6. The fourth-order valence-electron chi connectivity index (χ4n) is 9.21. The quantitative estimate of drug-likeness (QED) is 0.0553. The largest absolute Gasteiger partial charge is 0.491 e. The highest BCUT2D eigenvalue weighted by Crippen LogP contribution is 2.44. The van der Waals surface area contributed by atoms with Gasteiger partial charge in [0, 0.05) is 66.4 Å². The maximum Gasteiger partial charge on any atom is 0.246 e. The lowest BCUT2D eigenvalue weighted by Crippen LogP contribution is -2.58. The smallest absolute Gasteiger partial charge is 0.246 e. The molecule has 7 rings (SSSR count). The van der Waals surface area contributed by atoms with Crippen molar-refractivity contribution < 1.29 is 51.6 Å². The molecular formula is C52H65F3N6O8S. The molecule has 1 fully saturated rings. The van der Waals surface area contributed by atoms with E-state index in [2.05, 4.69) is 20.6 Å². The van der Waals surface area contributed by atoms with E-state index in [-0.39, 0.29) is 89.7 Å². The van der Waals surface area contributed by atoms with Crippen molar-refractivity contribution in [2.75, 3.05) is 59.3 Å². The van der Waals surface area contributed by atoms with E-state index in [0.717, 1.165) is 50.3 Å². The fraction of sp³-hybridized carbons (Fsp3) is 0.500. The molecule has 0 bridgehead atoms. The lowest BCUT2D eigenvalue weighted by molar-refractivity contribution is -0.144. The molecule has 1 saturated heterocycles. The van der Waals surface area contributed by atoms with Crippen LogP contribution in [0.5, 0.6) is 5.75 Å². The summed E-state index contributed by atoms with van der Waals surface area (Å²) in [5, 5.41) is 17.2. The molecule has 0 saturated carbocycles. The third kappa shape index (κ3) is 12.9. The number of alkyl halides is 1. The van der Waals surface area contributed by atoms with Gasteiger partial charge < -0.3 is 44.6 Å². The van der Waals surface area contributed by atoms with Crippen LogP contribution in [-0.2, 0) is 41.6 Å². The fourth-order valence-corrected chi connectivity index (χ4v) is 10.0. The first-order chi connectivity index (χ1) is 33.3. The average molecular weight is 991 g/mol. The van der Waals surface area contributed by atoms with E-state index in [1.54, 1.807) is 37.6 Å². The highest BCUT2D eigenvalue weighted by Gasteiger charge is 2.45. The van der Waals surface area contributed by atoms with E-state index in [9.17, 15) is 19.5 Å². The number of H-pyrrole nitrogens is 1. The Morgan fingerprint density at radius 3 is 2.24 bits per heavy atom. The number of thiazole rings is 1. The van der Waals surface area contributed by atoms with Gasteiger partial charge in [0.15, 0.2) is 0 Å². The summed E-state index contributed by atoms with van der Waals surface area (Å²) in [5.41, 5.74) is 4.60. The predicted molar refractivity (Wildman–Crippen MR) is 261 cm³/mol. The Morgan fingerprint density at radius 1 is 0.943 bits per heavy atom. The van der Waals surface area contributed by atoms with Crippen molar-refractivity contribution in [1.82, 2.24) is 30.4 Å². The number of ether oxygens (including phenoxy) is 4. The van der Waals surface area contributed by atoms with E-state index in [1.165, 1.54) is 18.7 Å². The maximum atomic E-state index is 16.0. The number of halogens is 3. The molecule has 14 nitrogen and oxygen atoms in total. The molecule has 0 radical (unpaired) electrons. The second-order valence-corrected chi connectivity index (χ2v) is 20.6. The summed E-state index contributed by atoms with van der Waals surface area (Å²) in [4.78, 5) is 52.3. The number of aliphatic hydroxyl groups excluding tert-OH is 1.